The lowest BCUT2D eigenvalue weighted by Gasteiger charge is -2.66. The summed E-state index contributed by atoms with van der Waals surface area (Å²) >= 11 is 1.49. The number of nitrogens with zero attached hydrogens (tertiary/aromatic N) is 1. The monoisotopic (exact) mass is 691 g/mol. The molecule has 0 bridgehead atoms. The topological polar surface area (TPSA) is 151 Å². The van der Waals surface area contributed by atoms with Gasteiger partial charge in [0.1, 0.15) is 41.5 Å². The minimum absolute atomic E-state index is 0.0291. The molecule has 6 rings (SSSR count). The van der Waals surface area contributed by atoms with Gasteiger partial charge in [-0.05, 0) is 74.1 Å². The highest BCUT2D eigenvalue weighted by molar-refractivity contribution is 7.98. The molecule has 0 radical (unpaired) electrons. The number of rotatable bonds is 7. The molecule has 12 heteroatoms. The second-order valence-corrected chi connectivity index (χ2v) is 14.8. The van der Waals surface area contributed by atoms with Crippen molar-refractivity contribution in [2.45, 2.75) is 82.7 Å². The van der Waals surface area contributed by atoms with Crippen LogP contribution in [0.1, 0.15) is 75.9 Å². The molecular formula is C37H41NO10S. The molecule has 2 aromatic heterocycles. The van der Waals surface area contributed by atoms with Crippen molar-refractivity contribution in [2.24, 2.45) is 22.7 Å². The van der Waals surface area contributed by atoms with Gasteiger partial charge in [-0.2, -0.15) is 0 Å². The highest BCUT2D eigenvalue weighted by Crippen LogP contribution is 2.67. The summed E-state index contributed by atoms with van der Waals surface area (Å²) in [5.74, 6) is -2.45. The number of fused-ring (bicyclic) bond motifs is 4. The standard InChI is InChI=1S/C37H41NO10S/c1-20(39)44-19-36(4)27-17-29(47-33(42)22-9-7-11-24(15-22)49-6)37(5)32(35(27,3)13-12-28(36)45-21(2)40)31(41)30-26(48-37)16-25(46-34(30)43)23-10-8-14-38-18-23/h7-11,14-16,18,27-29,31-32,41H,12-13,17,19H2,1-6H3/t27?,28-,29-,31-,32?,35-,36+,37+/m0/s1. The summed E-state index contributed by atoms with van der Waals surface area (Å²) in [6.07, 6.45) is 3.19. The zero-order valence-corrected chi connectivity index (χ0v) is 29.2. The predicted octanol–water partition coefficient (Wildman–Crippen LogP) is 5.77. The van der Waals surface area contributed by atoms with Gasteiger partial charge in [-0.3, -0.25) is 14.6 Å². The first kappa shape index (κ1) is 34.7. The fourth-order valence-corrected chi connectivity index (χ4v) is 9.24. The normalized spacial score (nSPS) is 31.6. The summed E-state index contributed by atoms with van der Waals surface area (Å²) in [6, 6.07) is 12.1. The highest BCUT2D eigenvalue weighted by atomic mass is 32.2. The Morgan fingerprint density at radius 2 is 1.82 bits per heavy atom. The van der Waals surface area contributed by atoms with Gasteiger partial charge < -0.3 is 28.5 Å². The Bertz CT molecular complexity index is 1830. The van der Waals surface area contributed by atoms with Crippen molar-refractivity contribution in [3.8, 4) is 17.1 Å². The summed E-state index contributed by atoms with van der Waals surface area (Å²) in [5.41, 5.74) is -2.96. The van der Waals surface area contributed by atoms with Crippen LogP contribution in [0.3, 0.4) is 0 Å². The number of ether oxygens (including phenoxy) is 4. The summed E-state index contributed by atoms with van der Waals surface area (Å²) in [4.78, 5) is 57.0. The van der Waals surface area contributed by atoms with Gasteiger partial charge >= 0.3 is 23.5 Å². The number of hydrogen-bond donors (Lipinski definition) is 1. The molecular weight excluding hydrogens is 650 g/mol. The van der Waals surface area contributed by atoms with Gasteiger partial charge in [0, 0.05) is 54.1 Å². The van der Waals surface area contributed by atoms with E-state index in [9.17, 15) is 24.3 Å². The SMILES string of the molecule is CSc1cccc(C(=O)O[C@H]2CC3[C@](C)(CC[C@H](OC(C)=O)[C@]3(C)COC(C)=O)C3[C@@H](O)c4c(cc(-c5cccnc5)oc4=O)O[C@@]32C)c1. The number of carbonyl (C=O) groups excluding carboxylic acids is 3. The lowest BCUT2D eigenvalue weighted by Crippen LogP contribution is -2.71. The van der Waals surface area contributed by atoms with E-state index in [2.05, 4.69) is 4.98 Å². The first-order chi connectivity index (χ1) is 23.2. The van der Waals surface area contributed by atoms with Crippen molar-refractivity contribution in [3.05, 3.63) is 76.4 Å². The van der Waals surface area contributed by atoms with Crippen molar-refractivity contribution in [1.82, 2.24) is 4.98 Å². The minimum Gasteiger partial charge on any atom is -0.482 e. The third-order valence-electron chi connectivity index (χ3n) is 11.0. The molecule has 1 aromatic carbocycles. The average Bonchev–Trinajstić information content (AvgIpc) is 3.06. The number of aromatic nitrogens is 1. The summed E-state index contributed by atoms with van der Waals surface area (Å²) in [5, 5.41) is 12.3. The smallest absolute Gasteiger partial charge is 0.345 e. The molecule has 3 aromatic rings. The van der Waals surface area contributed by atoms with E-state index in [1.54, 1.807) is 48.8 Å². The molecule has 0 amide bonds. The van der Waals surface area contributed by atoms with Crippen LogP contribution in [0, 0.1) is 22.7 Å². The maximum atomic E-state index is 13.9. The van der Waals surface area contributed by atoms with Crippen molar-refractivity contribution < 1.29 is 42.9 Å². The fourth-order valence-electron chi connectivity index (χ4n) is 8.78. The van der Waals surface area contributed by atoms with Crippen LogP contribution in [0.4, 0.5) is 0 Å². The number of hydrogen-bond acceptors (Lipinski definition) is 12. The maximum absolute atomic E-state index is 13.9. The van der Waals surface area contributed by atoms with E-state index in [0.717, 1.165) is 4.90 Å². The number of esters is 3. The third kappa shape index (κ3) is 6.03. The van der Waals surface area contributed by atoms with Gasteiger partial charge in [0.05, 0.1) is 11.7 Å². The molecule has 3 aliphatic rings. The number of pyridine rings is 1. The fraction of sp³-hybridized carbons (Fsp3) is 0.486. The van der Waals surface area contributed by atoms with E-state index in [4.69, 9.17) is 23.4 Å². The number of benzene rings is 1. The molecule has 49 heavy (non-hydrogen) atoms. The second kappa shape index (κ2) is 12.9. The lowest BCUT2D eigenvalue weighted by atomic mass is 9.42. The van der Waals surface area contributed by atoms with E-state index in [0.29, 0.717) is 24.0 Å². The van der Waals surface area contributed by atoms with Gasteiger partial charge in [-0.15, -0.1) is 11.8 Å². The van der Waals surface area contributed by atoms with E-state index in [1.165, 1.54) is 25.6 Å². The Morgan fingerprint density at radius 1 is 1.04 bits per heavy atom. The zero-order valence-electron chi connectivity index (χ0n) is 28.4. The highest BCUT2D eigenvalue weighted by Gasteiger charge is 2.71. The molecule has 1 aliphatic heterocycles. The van der Waals surface area contributed by atoms with Gasteiger partial charge in [0.15, 0.2) is 0 Å². The molecule has 11 nitrogen and oxygen atoms in total. The Kier molecular flexibility index (Phi) is 9.16. The second-order valence-electron chi connectivity index (χ2n) is 14.0. The van der Waals surface area contributed by atoms with Crippen LogP contribution in [0.25, 0.3) is 11.3 Å². The summed E-state index contributed by atoms with van der Waals surface area (Å²) in [6.45, 7) is 8.28. The zero-order chi connectivity index (χ0) is 35.3. The van der Waals surface area contributed by atoms with Crippen molar-refractivity contribution in [1.29, 1.82) is 0 Å². The largest absolute Gasteiger partial charge is 0.482 e. The molecule has 2 unspecified atom stereocenters. The van der Waals surface area contributed by atoms with E-state index >= 15 is 0 Å². The van der Waals surface area contributed by atoms with Crippen LogP contribution in [0.5, 0.6) is 5.75 Å². The van der Waals surface area contributed by atoms with Crippen LogP contribution < -0.4 is 10.4 Å². The quantitative estimate of drug-likeness (QED) is 0.182. The molecule has 0 spiro atoms. The Hall–Kier alpha value is -4.16. The number of thioether (sulfide) groups is 1. The van der Waals surface area contributed by atoms with Gasteiger partial charge in [-0.1, -0.05) is 19.9 Å². The van der Waals surface area contributed by atoms with Gasteiger partial charge in [-0.25, -0.2) is 9.59 Å². The van der Waals surface area contributed by atoms with Crippen LogP contribution in [-0.2, 0) is 23.8 Å². The Morgan fingerprint density at radius 3 is 2.49 bits per heavy atom. The third-order valence-corrected chi connectivity index (χ3v) is 11.7. The van der Waals surface area contributed by atoms with Crippen molar-refractivity contribution >= 4 is 29.7 Å². The average molecular weight is 692 g/mol. The van der Waals surface area contributed by atoms with E-state index in [-0.39, 0.29) is 30.1 Å². The molecule has 8 atom stereocenters. The van der Waals surface area contributed by atoms with Crippen LogP contribution >= 0.6 is 11.8 Å². The summed E-state index contributed by atoms with van der Waals surface area (Å²) < 4.78 is 30.4. The molecule has 2 aliphatic carbocycles. The number of aliphatic hydroxyl groups is 1. The first-order valence-corrected chi connectivity index (χ1v) is 17.5. The van der Waals surface area contributed by atoms with E-state index in [1.807, 2.05) is 33.1 Å². The van der Waals surface area contributed by atoms with Gasteiger partial charge in [0.2, 0.25) is 0 Å². The van der Waals surface area contributed by atoms with E-state index < -0.39 is 70.1 Å². The molecule has 3 heterocycles. The van der Waals surface area contributed by atoms with Crippen LogP contribution in [-0.4, -0.2) is 58.7 Å². The molecule has 0 saturated heterocycles. The molecule has 2 fully saturated rings. The first-order valence-electron chi connectivity index (χ1n) is 16.3. The minimum atomic E-state index is -1.38. The number of carbonyl (C=O) groups is 3. The summed E-state index contributed by atoms with van der Waals surface area (Å²) in [7, 11) is 0. The Balaban J connectivity index is 1.50. The molecule has 2 saturated carbocycles. The maximum Gasteiger partial charge on any atom is 0.345 e. The van der Waals surface area contributed by atoms with Crippen LogP contribution in [0.15, 0.2) is 69.0 Å². The van der Waals surface area contributed by atoms with Gasteiger partial charge in [0.25, 0.3) is 0 Å². The molecule has 260 valence electrons. The predicted molar refractivity (Wildman–Crippen MR) is 179 cm³/mol. The Labute approximate surface area is 288 Å². The molecule has 1 N–H and O–H groups in total. The lowest BCUT2D eigenvalue weighted by molar-refractivity contribution is -0.266. The van der Waals surface area contributed by atoms with Crippen LogP contribution in [0.2, 0.25) is 0 Å². The number of aliphatic hydroxyl groups excluding tert-OH is 1. The van der Waals surface area contributed by atoms with Crippen molar-refractivity contribution in [2.75, 3.05) is 12.9 Å². The van der Waals surface area contributed by atoms with Crippen molar-refractivity contribution in [3.63, 3.8) is 0 Å².